The third-order valence-electron chi connectivity index (χ3n) is 4.09. The molecule has 0 bridgehead atoms. The first-order chi connectivity index (χ1) is 10.8. The molecule has 1 aliphatic heterocycles. The Bertz CT molecular complexity index is 709. The molecular formula is C18H25N3O2. The topological polar surface area (TPSA) is 46.5 Å². The van der Waals surface area contributed by atoms with Crippen molar-refractivity contribution < 1.29 is 9.53 Å². The fourth-order valence-corrected chi connectivity index (χ4v) is 2.90. The number of ether oxygens (including phenoxy) is 1. The molecule has 23 heavy (non-hydrogen) atoms. The zero-order chi connectivity index (χ0) is 16.6. The van der Waals surface area contributed by atoms with Crippen molar-refractivity contribution in [1.82, 2.24) is 14.8 Å². The molecule has 3 rings (SSSR count). The van der Waals surface area contributed by atoms with Crippen molar-refractivity contribution in [3.63, 3.8) is 0 Å². The van der Waals surface area contributed by atoms with Gasteiger partial charge in [-0.25, -0.2) is 4.79 Å². The van der Waals surface area contributed by atoms with Crippen LogP contribution >= 0.6 is 0 Å². The lowest BCUT2D eigenvalue weighted by Crippen LogP contribution is -2.60. The van der Waals surface area contributed by atoms with Crippen molar-refractivity contribution in [2.24, 2.45) is 7.05 Å². The number of likely N-dealkylation sites (tertiary alicyclic amines) is 1. The molecule has 0 unspecified atom stereocenters. The highest BCUT2D eigenvalue weighted by atomic mass is 16.6. The smallest absolute Gasteiger partial charge is 0.410 e. The highest BCUT2D eigenvalue weighted by Gasteiger charge is 2.33. The van der Waals surface area contributed by atoms with E-state index in [-0.39, 0.29) is 6.09 Å². The number of nitrogens with one attached hydrogen (secondary N) is 1. The van der Waals surface area contributed by atoms with Crippen molar-refractivity contribution in [2.75, 3.05) is 13.1 Å². The quantitative estimate of drug-likeness (QED) is 0.947. The number of benzene rings is 1. The van der Waals surface area contributed by atoms with Gasteiger partial charge in [0.05, 0.1) is 0 Å². The van der Waals surface area contributed by atoms with Gasteiger partial charge in [-0.2, -0.15) is 0 Å². The second-order valence-electron chi connectivity index (χ2n) is 7.25. The van der Waals surface area contributed by atoms with Gasteiger partial charge in [0.25, 0.3) is 0 Å². The summed E-state index contributed by atoms with van der Waals surface area (Å²) in [5.74, 6) is 0. The number of hydrogen-bond donors (Lipinski definition) is 1. The third kappa shape index (κ3) is 3.50. The Kier molecular flexibility index (Phi) is 4.06. The SMILES string of the molecule is Cn1cc(CNC2CN(C(=O)OC(C)(C)C)C2)c2ccccc21. The van der Waals surface area contributed by atoms with Crippen molar-refractivity contribution in [2.45, 2.75) is 39.0 Å². The van der Waals surface area contributed by atoms with E-state index in [1.54, 1.807) is 4.90 Å². The molecule has 2 aromatic rings. The molecule has 1 fully saturated rings. The van der Waals surface area contributed by atoms with Crippen LogP contribution in [0.15, 0.2) is 30.5 Å². The average Bonchev–Trinajstić information content (AvgIpc) is 2.72. The first-order valence-corrected chi connectivity index (χ1v) is 8.08. The number of amides is 1. The van der Waals surface area contributed by atoms with E-state index in [4.69, 9.17) is 4.74 Å². The lowest BCUT2D eigenvalue weighted by Gasteiger charge is -2.40. The highest BCUT2D eigenvalue weighted by Crippen LogP contribution is 2.21. The number of aryl methyl sites for hydroxylation is 1. The maximum atomic E-state index is 11.9. The van der Waals surface area contributed by atoms with Crippen LogP contribution in [-0.4, -0.2) is 40.3 Å². The lowest BCUT2D eigenvalue weighted by atomic mass is 10.1. The zero-order valence-electron chi connectivity index (χ0n) is 14.3. The Morgan fingerprint density at radius 1 is 1.30 bits per heavy atom. The van der Waals surface area contributed by atoms with Crippen molar-refractivity contribution in [3.05, 3.63) is 36.0 Å². The summed E-state index contributed by atoms with van der Waals surface area (Å²) < 4.78 is 7.52. The van der Waals surface area contributed by atoms with E-state index in [1.807, 2.05) is 20.8 Å². The number of fused-ring (bicyclic) bond motifs is 1. The van der Waals surface area contributed by atoms with Crippen molar-refractivity contribution >= 4 is 17.0 Å². The van der Waals surface area contributed by atoms with Crippen LogP contribution in [0.2, 0.25) is 0 Å². The molecule has 124 valence electrons. The number of hydrogen-bond acceptors (Lipinski definition) is 3. The number of rotatable bonds is 3. The fraction of sp³-hybridized carbons (Fsp3) is 0.500. The van der Waals surface area contributed by atoms with Crippen LogP contribution in [-0.2, 0) is 18.3 Å². The molecule has 1 aliphatic rings. The average molecular weight is 315 g/mol. The maximum Gasteiger partial charge on any atom is 0.410 e. The van der Waals surface area contributed by atoms with Crippen LogP contribution in [0.3, 0.4) is 0 Å². The standard InChI is InChI=1S/C18H25N3O2/c1-18(2,3)23-17(22)21-11-14(12-21)19-9-13-10-20(4)16-8-6-5-7-15(13)16/h5-8,10,14,19H,9,11-12H2,1-4H3. The molecule has 5 nitrogen and oxygen atoms in total. The molecular weight excluding hydrogens is 290 g/mol. The molecule has 5 heteroatoms. The van der Waals surface area contributed by atoms with E-state index in [1.165, 1.54) is 16.5 Å². The van der Waals surface area contributed by atoms with Gasteiger partial charge in [-0.15, -0.1) is 0 Å². The number of carbonyl (C=O) groups excluding carboxylic acids is 1. The van der Waals surface area contributed by atoms with Gasteiger partial charge in [0, 0.05) is 49.8 Å². The van der Waals surface area contributed by atoms with Crippen LogP contribution < -0.4 is 5.32 Å². The molecule has 0 aliphatic carbocycles. The number of carbonyl (C=O) groups is 1. The van der Waals surface area contributed by atoms with Crippen LogP contribution in [0.5, 0.6) is 0 Å². The van der Waals surface area contributed by atoms with Gasteiger partial charge >= 0.3 is 6.09 Å². The van der Waals surface area contributed by atoms with Gasteiger partial charge in [-0.05, 0) is 32.4 Å². The number of aromatic nitrogens is 1. The molecule has 0 radical (unpaired) electrons. The monoisotopic (exact) mass is 315 g/mol. The second-order valence-corrected chi connectivity index (χ2v) is 7.25. The van der Waals surface area contributed by atoms with Gasteiger partial charge in [0.1, 0.15) is 5.60 Å². The van der Waals surface area contributed by atoms with Crippen molar-refractivity contribution in [1.29, 1.82) is 0 Å². The summed E-state index contributed by atoms with van der Waals surface area (Å²) in [6.07, 6.45) is 1.95. The van der Waals surface area contributed by atoms with E-state index in [2.05, 4.69) is 47.4 Å². The number of para-hydroxylation sites is 1. The predicted octanol–water partition coefficient (Wildman–Crippen LogP) is 2.89. The summed E-state index contributed by atoms with van der Waals surface area (Å²) >= 11 is 0. The Balaban J connectivity index is 1.52. The van der Waals surface area contributed by atoms with Crippen LogP contribution in [0.1, 0.15) is 26.3 Å². The van der Waals surface area contributed by atoms with Gasteiger partial charge in [-0.3, -0.25) is 0 Å². The molecule has 2 heterocycles. The van der Waals surface area contributed by atoms with E-state index >= 15 is 0 Å². The summed E-state index contributed by atoms with van der Waals surface area (Å²) in [5, 5.41) is 4.81. The Hall–Kier alpha value is -2.01. The van der Waals surface area contributed by atoms with E-state index in [9.17, 15) is 4.79 Å². The molecule has 1 aromatic heterocycles. The second kappa shape index (κ2) is 5.89. The van der Waals surface area contributed by atoms with Gasteiger partial charge in [0.2, 0.25) is 0 Å². The minimum Gasteiger partial charge on any atom is -0.444 e. The van der Waals surface area contributed by atoms with Gasteiger partial charge in [0.15, 0.2) is 0 Å². The Morgan fingerprint density at radius 2 is 2.00 bits per heavy atom. The molecule has 0 saturated carbocycles. The summed E-state index contributed by atoms with van der Waals surface area (Å²) in [6, 6.07) is 8.75. The predicted molar refractivity (Wildman–Crippen MR) is 91.4 cm³/mol. The van der Waals surface area contributed by atoms with Crippen LogP contribution in [0.4, 0.5) is 4.79 Å². The largest absolute Gasteiger partial charge is 0.444 e. The molecule has 1 saturated heterocycles. The van der Waals surface area contributed by atoms with E-state index in [0.717, 1.165) is 6.54 Å². The summed E-state index contributed by atoms with van der Waals surface area (Å²) in [5.41, 5.74) is 2.10. The van der Waals surface area contributed by atoms with Gasteiger partial charge < -0.3 is 19.5 Å². The zero-order valence-corrected chi connectivity index (χ0v) is 14.3. The normalized spacial score (nSPS) is 15.7. The first kappa shape index (κ1) is 15.9. The summed E-state index contributed by atoms with van der Waals surface area (Å²) in [6.45, 7) is 7.90. The lowest BCUT2D eigenvalue weighted by molar-refractivity contribution is 0.00519. The highest BCUT2D eigenvalue weighted by molar-refractivity contribution is 5.83. The Morgan fingerprint density at radius 3 is 2.70 bits per heavy atom. The minimum atomic E-state index is -0.432. The fourth-order valence-electron chi connectivity index (χ4n) is 2.90. The first-order valence-electron chi connectivity index (χ1n) is 8.08. The van der Waals surface area contributed by atoms with Gasteiger partial charge in [-0.1, -0.05) is 18.2 Å². The number of nitrogens with zero attached hydrogens (tertiary/aromatic N) is 2. The van der Waals surface area contributed by atoms with Crippen molar-refractivity contribution in [3.8, 4) is 0 Å². The van der Waals surface area contributed by atoms with Crippen LogP contribution in [0, 0.1) is 0 Å². The van der Waals surface area contributed by atoms with E-state index < -0.39 is 5.60 Å². The summed E-state index contributed by atoms with van der Waals surface area (Å²) in [4.78, 5) is 13.7. The van der Waals surface area contributed by atoms with Crippen LogP contribution in [0.25, 0.3) is 10.9 Å². The molecule has 1 aromatic carbocycles. The summed E-state index contributed by atoms with van der Waals surface area (Å²) in [7, 11) is 2.07. The third-order valence-corrected chi connectivity index (χ3v) is 4.09. The Labute approximate surface area is 137 Å². The molecule has 1 N–H and O–H groups in total. The maximum absolute atomic E-state index is 11.9. The van der Waals surface area contributed by atoms with E-state index in [0.29, 0.717) is 19.1 Å². The molecule has 0 atom stereocenters. The minimum absolute atomic E-state index is 0.222. The molecule has 1 amide bonds. The molecule has 0 spiro atoms.